The predicted octanol–water partition coefficient (Wildman–Crippen LogP) is 3.22. The third kappa shape index (κ3) is 3.38. The maximum absolute atomic E-state index is 11.9. The lowest BCUT2D eigenvalue weighted by Crippen LogP contribution is -2.14. The van der Waals surface area contributed by atoms with Gasteiger partial charge in [-0.25, -0.2) is 15.0 Å². The molecular formula is C21H22N6O. The molecule has 0 saturated carbocycles. The summed E-state index contributed by atoms with van der Waals surface area (Å²) in [5.74, 6) is 2.31. The van der Waals surface area contributed by atoms with Crippen molar-refractivity contribution in [2.45, 2.75) is 27.3 Å². The minimum Gasteiger partial charge on any atom is -0.368 e. The number of H-pyrrole nitrogens is 1. The fourth-order valence-corrected chi connectivity index (χ4v) is 3.19. The Morgan fingerprint density at radius 3 is 2.64 bits per heavy atom. The molecule has 0 bridgehead atoms. The van der Waals surface area contributed by atoms with Crippen LogP contribution in [0.5, 0.6) is 0 Å². The van der Waals surface area contributed by atoms with Crippen molar-refractivity contribution < 1.29 is 0 Å². The Hall–Kier alpha value is -3.48. The van der Waals surface area contributed by atoms with Crippen molar-refractivity contribution in [3.8, 4) is 11.4 Å². The van der Waals surface area contributed by atoms with Gasteiger partial charge in [-0.05, 0) is 45.0 Å². The lowest BCUT2D eigenvalue weighted by atomic mass is 10.2. The highest BCUT2D eigenvalue weighted by molar-refractivity contribution is 5.75. The van der Waals surface area contributed by atoms with Gasteiger partial charge in [0.25, 0.3) is 5.56 Å². The van der Waals surface area contributed by atoms with E-state index in [9.17, 15) is 4.79 Å². The third-order valence-electron chi connectivity index (χ3n) is 4.92. The van der Waals surface area contributed by atoms with Gasteiger partial charge in [0.05, 0.1) is 11.0 Å². The normalized spacial score (nSPS) is 11.1. The van der Waals surface area contributed by atoms with E-state index < -0.39 is 0 Å². The number of aromatic nitrogens is 5. The quantitative estimate of drug-likeness (QED) is 0.560. The molecule has 0 amide bonds. The monoisotopic (exact) mass is 374 g/mol. The van der Waals surface area contributed by atoms with Crippen LogP contribution in [0, 0.1) is 20.8 Å². The molecule has 0 spiro atoms. The molecule has 0 saturated heterocycles. The van der Waals surface area contributed by atoms with Crippen molar-refractivity contribution in [1.82, 2.24) is 24.5 Å². The van der Waals surface area contributed by atoms with Crippen molar-refractivity contribution in [2.75, 3.05) is 11.9 Å². The number of rotatable bonds is 5. The van der Waals surface area contributed by atoms with Gasteiger partial charge in [-0.3, -0.25) is 4.79 Å². The Kier molecular flexibility index (Phi) is 4.65. The van der Waals surface area contributed by atoms with E-state index in [4.69, 9.17) is 0 Å². The van der Waals surface area contributed by atoms with E-state index in [1.54, 1.807) is 13.1 Å². The highest BCUT2D eigenvalue weighted by Gasteiger charge is 2.08. The van der Waals surface area contributed by atoms with Crippen molar-refractivity contribution in [1.29, 1.82) is 0 Å². The maximum Gasteiger partial charge on any atom is 0.254 e. The molecule has 3 heterocycles. The van der Waals surface area contributed by atoms with Crippen LogP contribution >= 0.6 is 0 Å². The van der Waals surface area contributed by atoms with E-state index >= 15 is 0 Å². The summed E-state index contributed by atoms with van der Waals surface area (Å²) in [6.45, 7) is 7.14. The molecule has 0 aliphatic carbocycles. The summed E-state index contributed by atoms with van der Waals surface area (Å²) in [4.78, 5) is 28.2. The molecule has 7 heteroatoms. The van der Waals surface area contributed by atoms with E-state index in [0.29, 0.717) is 11.4 Å². The van der Waals surface area contributed by atoms with Crippen LogP contribution in [0.1, 0.15) is 17.1 Å². The molecule has 4 rings (SSSR count). The molecule has 0 atom stereocenters. The Morgan fingerprint density at radius 2 is 1.89 bits per heavy atom. The third-order valence-corrected chi connectivity index (χ3v) is 4.92. The standard InChI is InChI=1S/C21H22N6O/c1-13-14(2)24-20(26-21(13)28)16-8-9-19(23-12-16)22-10-11-27-15(3)25-17-6-4-5-7-18(17)27/h4-9,12H,10-11H2,1-3H3,(H,22,23)(H,24,26,28). The largest absolute Gasteiger partial charge is 0.368 e. The van der Waals surface area contributed by atoms with Crippen molar-refractivity contribution in [3.05, 3.63) is 70.0 Å². The molecule has 4 aromatic rings. The van der Waals surface area contributed by atoms with Crippen LogP contribution in [0.25, 0.3) is 22.4 Å². The Morgan fingerprint density at radius 1 is 1.07 bits per heavy atom. The van der Waals surface area contributed by atoms with Gasteiger partial charge in [-0.2, -0.15) is 0 Å². The summed E-state index contributed by atoms with van der Waals surface area (Å²) in [7, 11) is 0. The smallest absolute Gasteiger partial charge is 0.254 e. The fraction of sp³-hybridized carbons (Fsp3) is 0.238. The number of nitrogens with one attached hydrogen (secondary N) is 2. The first-order chi connectivity index (χ1) is 13.5. The van der Waals surface area contributed by atoms with E-state index in [1.807, 2.05) is 44.2 Å². The van der Waals surface area contributed by atoms with Gasteiger partial charge in [-0.1, -0.05) is 12.1 Å². The molecule has 142 valence electrons. The van der Waals surface area contributed by atoms with Gasteiger partial charge in [0, 0.05) is 36.1 Å². The highest BCUT2D eigenvalue weighted by atomic mass is 16.1. The maximum atomic E-state index is 11.9. The number of aryl methyl sites for hydroxylation is 2. The van der Waals surface area contributed by atoms with Gasteiger partial charge in [0.1, 0.15) is 17.5 Å². The molecule has 0 aliphatic heterocycles. The number of nitrogens with zero attached hydrogens (tertiary/aromatic N) is 4. The van der Waals surface area contributed by atoms with Crippen LogP contribution < -0.4 is 10.9 Å². The number of anilines is 1. The molecule has 0 radical (unpaired) electrons. The average molecular weight is 374 g/mol. The summed E-state index contributed by atoms with van der Waals surface area (Å²) >= 11 is 0. The fourth-order valence-electron chi connectivity index (χ4n) is 3.19. The molecule has 0 unspecified atom stereocenters. The average Bonchev–Trinajstić information content (AvgIpc) is 3.02. The Bertz CT molecular complexity index is 1190. The number of para-hydroxylation sites is 2. The zero-order chi connectivity index (χ0) is 19.7. The highest BCUT2D eigenvalue weighted by Crippen LogP contribution is 2.17. The number of hydrogen-bond donors (Lipinski definition) is 2. The summed E-state index contributed by atoms with van der Waals surface area (Å²) in [5.41, 5.74) is 4.17. The van der Waals surface area contributed by atoms with Crippen LogP contribution in [-0.4, -0.2) is 31.0 Å². The number of imidazole rings is 1. The zero-order valence-corrected chi connectivity index (χ0v) is 16.2. The molecule has 3 aromatic heterocycles. The second-order valence-electron chi connectivity index (χ2n) is 6.78. The van der Waals surface area contributed by atoms with Gasteiger partial charge >= 0.3 is 0 Å². The number of aromatic amines is 1. The molecule has 28 heavy (non-hydrogen) atoms. The lowest BCUT2D eigenvalue weighted by molar-refractivity contribution is 0.720. The molecule has 0 fully saturated rings. The van der Waals surface area contributed by atoms with Gasteiger partial charge < -0.3 is 14.9 Å². The second-order valence-corrected chi connectivity index (χ2v) is 6.78. The molecule has 0 aliphatic rings. The lowest BCUT2D eigenvalue weighted by Gasteiger charge is -2.10. The first kappa shape index (κ1) is 17.9. The summed E-state index contributed by atoms with van der Waals surface area (Å²) in [6, 6.07) is 11.9. The van der Waals surface area contributed by atoms with E-state index in [1.165, 1.54) is 0 Å². The van der Waals surface area contributed by atoms with Crippen LogP contribution in [0.3, 0.4) is 0 Å². The molecular weight excluding hydrogens is 352 g/mol. The van der Waals surface area contributed by atoms with Crippen molar-refractivity contribution in [3.63, 3.8) is 0 Å². The first-order valence-electron chi connectivity index (χ1n) is 9.22. The number of benzene rings is 1. The summed E-state index contributed by atoms with van der Waals surface area (Å²) < 4.78 is 2.19. The summed E-state index contributed by atoms with van der Waals surface area (Å²) in [6.07, 6.45) is 1.72. The topological polar surface area (TPSA) is 88.5 Å². The Balaban J connectivity index is 1.45. The van der Waals surface area contributed by atoms with Crippen LogP contribution in [0.4, 0.5) is 5.82 Å². The zero-order valence-electron chi connectivity index (χ0n) is 16.2. The number of hydrogen-bond acceptors (Lipinski definition) is 5. The van der Waals surface area contributed by atoms with E-state index in [2.05, 4.69) is 35.9 Å². The van der Waals surface area contributed by atoms with Crippen molar-refractivity contribution >= 4 is 16.9 Å². The predicted molar refractivity (Wildman–Crippen MR) is 111 cm³/mol. The van der Waals surface area contributed by atoms with Crippen LogP contribution in [0.2, 0.25) is 0 Å². The minimum absolute atomic E-state index is 0.118. The summed E-state index contributed by atoms with van der Waals surface area (Å²) in [5, 5.41) is 3.33. The van der Waals surface area contributed by atoms with Crippen molar-refractivity contribution in [2.24, 2.45) is 0 Å². The molecule has 1 aromatic carbocycles. The number of fused-ring (bicyclic) bond motifs is 1. The Labute approximate surface area is 162 Å². The van der Waals surface area contributed by atoms with Crippen LogP contribution in [0.15, 0.2) is 47.4 Å². The van der Waals surface area contributed by atoms with Gasteiger partial charge in [0.2, 0.25) is 0 Å². The molecule has 2 N–H and O–H groups in total. The van der Waals surface area contributed by atoms with Gasteiger partial charge in [0.15, 0.2) is 0 Å². The number of pyridine rings is 1. The first-order valence-corrected chi connectivity index (χ1v) is 9.22. The molecule has 7 nitrogen and oxygen atoms in total. The van der Waals surface area contributed by atoms with E-state index in [0.717, 1.165) is 47.0 Å². The SMILES string of the molecule is Cc1nc(-c2ccc(NCCn3c(C)nc4ccccc43)nc2)[nH]c(=O)c1C. The minimum atomic E-state index is -0.118. The van der Waals surface area contributed by atoms with E-state index in [-0.39, 0.29) is 5.56 Å². The van der Waals surface area contributed by atoms with Gasteiger partial charge in [-0.15, -0.1) is 0 Å². The second kappa shape index (κ2) is 7.26. The van der Waals surface area contributed by atoms with Crippen LogP contribution in [-0.2, 0) is 6.54 Å².